The summed E-state index contributed by atoms with van der Waals surface area (Å²) >= 11 is 6.13. The standard InChI is InChI=1S/C25H26ClN3O4/c1-18(25(31)28-15-19-11-13-27-14-12-19)29(16-20-7-9-21(32-2)10-8-20)24(30)17-33-23-6-4-3-5-22(23)26/h3-14,18H,15-17H2,1-2H3,(H,28,31)/t18-/m1/s1. The molecule has 0 bridgehead atoms. The monoisotopic (exact) mass is 467 g/mol. The zero-order chi connectivity index (χ0) is 23.6. The van der Waals surface area contributed by atoms with E-state index < -0.39 is 6.04 Å². The first-order valence-electron chi connectivity index (χ1n) is 10.4. The van der Waals surface area contributed by atoms with Crippen molar-refractivity contribution in [2.45, 2.75) is 26.1 Å². The highest BCUT2D eigenvalue weighted by molar-refractivity contribution is 6.32. The molecule has 1 heterocycles. The average molecular weight is 468 g/mol. The molecule has 8 heteroatoms. The van der Waals surface area contributed by atoms with Gasteiger partial charge in [0.05, 0.1) is 12.1 Å². The molecule has 0 aliphatic rings. The van der Waals surface area contributed by atoms with Crippen LogP contribution in [0.5, 0.6) is 11.5 Å². The molecule has 0 aliphatic heterocycles. The molecule has 172 valence electrons. The molecular weight excluding hydrogens is 442 g/mol. The number of methoxy groups -OCH3 is 1. The fourth-order valence-electron chi connectivity index (χ4n) is 3.13. The lowest BCUT2D eigenvalue weighted by molar-refractivity contribution is -0.142. The smallest absolute Gasteiger partial charge is 0.261 e. The Morgan fingerprint density at radius 2 is 1.73 bits per heavy atom. The van der Waals surface area contributed by atoms with Gasteiger partial charge in [-0.2, -0.15) is 0 Å². The number of pyridine rings is 1. The Labute approximate surface area is 198 Å². The first kappa shape index (κ1) is 24.1. The lowest BCUT2D eigenvalue weighted by Gasteiger charge is -2.29. The Hall–Kier alpha value is -3.58. The number of amides is 2. The highest BCUT2D eigenvalue weighted by atomic mass is 35.5. The number of carbonyl (C=O) groups is 2. The minimum atomic E-state index is -0.726. The summed E-state index contributed by atoms with van der Waals surface area (Å²) in [7, 11) is 1.59. The number of carbonyl (C=O) groups excluding carboxylic acids is 2. The van der Waals surface area contributed by atoms with Gasteiger partial charge in [0.2, 0.25) is 5.91 Å². The highest BCUT2D eigenvalue weighted by Crippen LogP contribution is 2.23. The molecule has 0 spiro atoms. The SMILES string of the molecule is COc1ccc(CN(C(=O)COc2ccccc2Cl)[C@H](C)C(=O)NCc2ccncc2)cc1. The number of benzene rings is 2. The van der Waals surface area contributed by atoms with E-state index in [2.05, 4.69) is 10.3 Å². The molecule has 7 nitrogen and oxygen atoms in total. The molecule has 3 rings (SSSR count). The van der Waals surface area contributed by atoms with Crippen LogP contribution in [0.1, 0.15) is 18.1 Å². The summed E-state index contributed by atoms with van der Waals surface area (Å²) in [5, 5.41) is 3.29. The van der Waals surface area contributed by atoms with E-state index in [4.69, 9.17) is 21.1 Å². The number of hydrogen-bond acceptors (Lipinski definition) is 5. The van der Waals surface area contributed by atoms with Crippen molar-refractivity contribution < 1.29 is 19.1 Å². The maximum atomic E-state index is 13.1. The quantitative estimate of drug-likeness (QED) is 0.489. The van der Waals surface area contributed by atoms with Crippen molar-refractivity contribution in [3.63, 3.8) is 0 Å². The Kier molecular flexibility index (Phi) is 8.66. The van der Waals surface area contributed by atoms with E-state index in [9.17, 15) is 9.59 Å². The third-order valence-corrected chi connectivity index (χ3v) is 5.40. The van der Waals surface area contributed by atoms with Crippen molar-refractivity contribution in [2.75, 3.05) is 13.7 Å². The van der Waals surface area contributed by atoms with Gasteiger partial charge in [-0.1, -0.05) is 35.9 Å². The predicted octanol–water partition coefficient (Wildman–Crippen LogP) is 3.86. The second-order valence-electron chi connectivity index (χ2n) is 7.34. The summed E-state index contributed by atoms with van der Waals surface area (Å²) in [6.45, 7) is 2.02. The molecule has 0 unspecified atom stereocenters. The number of para-hydroxylation sites is 1. The van der Waals surface area contributed by atoms with Gasteiger partial charge in [-0.25, -0.2) is 0 Å². The van der Waals surface area contributed by atoms with Gasteiger partial charge in [0.1, 0.15) is 17.5 Å². The summed E-state index contributed by atoms with van der Waals surface area (Å²) in [5.41, 5.74) is 1.77. The number of halogens is 1. The molecule has 0 saturated carbocycles. The summed E-state index contributed by atoms with van der Waals surface area (Å²) in [6.07, 6.45) is 3.33. The first-order chi connectivity index (χ1) is 16.0. The van der Waals surface area contributed by atoms with Gasteiger partial charge in [-0.15, -0.1) is 0 Å². The van der Waals surface area contributed by atoms with E-state index in [0.29, 0.717) is 23.1 Å². The van der Waals surface area contributed by atoms with Gasteiger partial charge in [-0.05, 0) is 54.4 Å². The molecule has 2 amide bonds. The molecule has 3 aromatic rings. The second-order valence-corrected chi connectivity index (χ2v) is 7.75. The van der Waals surface area contributed by atoms with Gasteiger partial charge < -0.3 is 19.7 Å². The van der Waals surface area contributed by atoms with Crippen molar-refractivity contribution >= 4 is 23.4 Å². The highest BCUT2D eigenvalue weighted by Gasteiger charge is 2.26. The maximum Gasteiger partial charge on any atom is 0.261 e. The van der Waals surface area contributed by atoms with Crippen LogP contribution in [0.2, 0.25) is 5.02 Å². The van der Waals surface area contributed by atoms with Crippen LogP contribution in [0, 0.1) is 0 Å². The Morgan fingerprint density at radius 1 is 1.03 bits per heavy atom. The number of rotatable bonds is 10. The fourth-order valence-corrected chi connectivity index (χ4v) is 3.32. The molecule has 1 N–H and O–H groups in total. The van der Waals surface area contributed by atoms with Crippen LogP contribution in [0.15, 0.2) is 73.1 Å². The summed E-state index contributed by atoms with van der Waals surface area (Å²) < 4.78 is 10.8. The Morgan fingerprint density at radius 3 is 2.39 bits per heavy atom. The molecule has 1 aromatic heterocycles. The molecular formula is C25H26ClN3O4. The minimum Gasteiger partial charge on any atom is -0.497 e. The van der Waals surface area contributed by atoms with E-state index in [-0.39, 0.29) is 25.0 Å². The van der Waals surface area contributed by atoms with E-state index in [1.807, 2.05) is 36.4 Å². The first-order valence-corrected chi connectivity index (χ1v) is 10.8. The van der Waals surface area contributed by atoms with Gasteiger partial charge in [0, 0.05) is 25.5 Å². The zero-order valence-corrected chi connectivity index (χ0v) is 19.3. The number of hydrogen-bond donors (Lipinski definition) is 1. The van der Waals surface area contributed by atoms with E-state index >= 15 is 0 Å². The van der Waals surface area contributed by atoms with Gasteiger partial charge in [-0.3, -0.25) is 14.6 Å². The van der Waals surface area contributed by atoms with Crippen molar-refractivity contribution in [1.29, 1.82) is 0 Å². The van der Waals surface area contributed by atoms with Crippen LogP contribution >= 0.6 is 11.6 Å². The molecule has 33 heavy (non-hydrogen) atoms. The van der Waals surface area contributed by atoms with Crippen molar-refractivity contribution in [1.82, 2.24) is 15.2 Å². The largest absolute Gasteiger partial charge is 0.497 e. The van der Waals surface area contributed by atoms with Crippen LogP contribution in [-0.4, -0.2) is 41.5 Å². The van der Waals surface area contributed by atoms with Crippen LogP contribution < -0.4 is 14.8 Å². The molecule has 1 atom stereocenters. The van der Waals surface area contributed by atoms with Gasteiger partial charge in [0.25, 0.3) is 5.91 Å². The number of nitrogens with one attached hydrogen (secondary N) is 1. The maximum absolute atomic E-state index is 13.1. The minimum absolute atomic E-state index is 0.235. The lowest BCUT2D eigenvalue weighted by atomic mass is 10.1. The van der Waals surface area contributed by atoms with Gasteiger partial charge >= 0.3 is 0 Å². The van der Waals surface area contributed by atoms with Crippen LogP contribution in [0.3, 0.4) is 0 Å². The van der Waals surface area contributed by atoms with Crippen molar-refractivity contribution in [3.05, 3.63) is 89.2 Å². The third-order valence-electron chi connectivity index (χ3n) is 5.08. The third kappa shape index (κ3) is 6.95. The van der Waals surface area contributed by atoms with E-state index in [1.165, 1.54) is 4.90 Å². The van der Waals surface area contributed by atoms with Crippen molar-refractivity contribution in [3.8, 4) is 11.5 Å². The average Bonchev–Trinajstić information content (AvgIpc) is 2.85. The fraction of sp³-hybridized carbons (Fsp3) is 0.240. The molecule has 2 aromatic carbocycles. The van der Waals surface area contributed by atoms with Gasteiger partial charge in [0.15, 0.2) is 6.61 Å². The number of ether oxygens (including phenoxy) is 2. The predicted molar refractivity (Wildman–Crippen MR) is 126 cm³/mol. The van der Waals surface area contributed by atoms with Crippen LogP contribution in [0.25, 0.3) is 0 Å². The van der Waals surface area contributed by atoms with Crippen LogP contribution in [0.4, 0.5) is 0 Å². The molecule has 0 radical (unpaired) electrons. The number of aromatic nitrogens is 1. The normalized spacial score (nSPS) is 11.4. The molecule has 0 saturated heterocycles. The summed E-state index contributed by atoms with van der Waals surface area (Å²) in [6, 6.07) is 17.2. The van der Waals surface area contributed by atoms with Crippen molar-refractivity contribution in [2.24, 2.45) is 0 Å². The van der Waals surface area contributed by atoms with E-state index in [0.717, 1.165) is 11.1 Å². The summed E-state index contributed by atoms with van der Waals surface area (Å²) in [4.78, 5) is 31.5. The van der Waals surface area contributed by atoms with Crippen LogP contribution in [-0.2, 0) is 22.7 Å². The molecule has 0 aliphatic carbocycles. The second kappa shape index (κ2) is 11.9. The lowest BCUT2D eigenvalue weighted by Crippen LogP contribution is -2.48. The number of nitrogens with zero attached hydrogens (tertiary/aromatic N) is 2. The van der Waals surface area contributed by atoms with E-state index in [1.54, 1.807) is 50.7 Å². The molecule has 0 fully saturated rings. The summed E-state index contributed by atoms with van der Waals surface area (Å²) in [5.74, 6) is 0.511. The Bertz CT molecular complexity index is 1060. The topological polar surface area (TPSA) is 80.8 Å². The Balaban J connectivity index is 1.71. The zero-order valence-electron chi connectivity index (χ0n) is 18.5.